The van der Waals surface area contributed by atoms with Crippen LogP contribution in [-0.4, -0.2) is 17.6 Å². The van der Waals surface area contributed by atoms with Gasteiger partial charge < -0.3 is 14.6 Å². The van der Waals surface area contributed by atoms with Gasteiger partial charge in [-0.15, -0.1) is 0 Å². The number of para-hydroxylation sites is 1. The average molecular weight is 300 g/mol. The Morgan fingerprint density at radius 2 is 2.05 bits per heavy atom. The summed E-state index contributed by atoms with van der Waals surface area (Å²) in [5, 5.41) is 6.46. The van der Waals surface area contributed by atoms with E-state index in [9.17, 15) is 4.79 Å². The van der Waals surface area contributed by atoms with E-state index in [4.69, 9.17) is 9.26 Å². The van der Waals surface area contributed by atoms with E-state index in [1.54, 1.807) is 6.07 Å². The standard InChI is InChI=1S/C17H20N2O3/c1-11(2)9-18-17(20)15-8-14(22-19-15)10-21-16-12(3)6-5-7-13(16)4/h5-8H,1,9-10H2,2-4H3,(H,18,20). The summed E-state index contributed by atoms with van der Waals surface area (Å²) in [6.07, 6.45) is 0. The minimum absolute atomic E-state index is 0.229. The second-order valence-corrected chi connectivity index (χ2v) is 5.33. The normalized spacial score (nSPS) is 10.3. The maximum absolute atomic E-state index is 11.8. The topological polar surface area (TPSA) is 64.4 Å². The van der Waals surface area contributed by atoms with Crippen LogP contribution < -0.4 is 10.1 Å². The summed E-state index contributed by atoms with van der Waals surface area (Å²) in [7, 11) is 0. The molecule has 2 aromatic rings. The van der Waals surface area contributed by atoms with Gasteiger partial charge in [0.15, 0.2) is 11.5 Å². The van der Waals surface area contributed by atoms with E-state index in [1.165, 1.54) is 0 Å². The first-order chi connectivity index (χ1) is 10.5. The van der Waals surface area contributed by atoms with Gasteiger partial charge in [0.05, 0.1) is 0 Å². The van der Waals surface area contributed by atoms with Gasteiger partial charge in [-0.05, 0) is 31.9 Å². The van der Waals surface area contributed by atoms with Crippen LogP contribution in [0.5, 0.6) is 5.75 Å². The SMILES string of the molecule is C=C(C)CNC(=O)c1cc(COc2c(C)cccc2C)on1. The summed E-state index contributed by atoms with van der Waals surface area (Å²) in [5.74, 6) is 1.04. The van der Waals surface area contributed by atoms with E-state index in [1.807, 2.05) is 39.0 Å². The van der Waals surface area contributed by atoms with Gasteiger partial charge in [0.25, 0.3) is 5.91 Å². The zero-order chi connectivity index (χ0) is 16.1. The van der Waals surface area contributed by atoms with Crippen molar-refractivity contribution in [3.63, 3.8) is 0 Å². The molecule has 1 heterocycles. The van der Waals surface area contributed by atoms with Crippen LogP contribution in [0.3, 0.4) is 0 Å². The van der Waals surface area contributed by atoms with Gasteiger partial charge in [0.2, 0.25) is 0 Å². The molecule has 1 amide bonds. The number of aromatic nitrogens is 1. The third kappa shape index (κ3) is 3.97. The van der Waals surface area contributed by atoms with Crippen LogP contribution >= 0.6 is 0 Å². The summed E-state index contributed by atoms with van der Waals surface area (Å²) < 4.78 is 10.9. The molecule has 0 spiro atoms. The minimum atomic E-state index is -0.287. The van der Waals surface area contributed by atoms with Crippen LogP contribution in [0.15, 0.2) is 40.9 Å². The first-order valence-corrected chi connectivity index (χ1v) is 7.04. The second kappa shape index (κ2) is 6.93. The maximum atomic E-state index is 11.8. The number of rotatable bonds is 6. The van der Waals surface area contributed by atoms with Gasteiger partial charge in [-0.25, -0.2) is 0 Å². The molecule has 0 aliphatic rings. The number of benzene rings is 1. The van der Waals surface area contributed by atoms with Crippen molar-refractivity contribution in [1.29, 1.82) is 0 Å². The lowest BCUT2D eigenvalue weighted by molar-refractivity contribution is 0.0947. The predicted molar refractivity (Wildman–Crippen MR) is 83.9 cm³/mol. The van der Waals surface area contributed by atoms with Crippen LogP contribution in [0.4, 0.5) is 0 Å². The molecule has 1 aromatic heterocycles. The lowest BCUT2D eigenvalue weighted by Crippen LogP contribution is -2.25. The molecule has 22 heavy (non-hydrogen) atoms. The highest BCUT2D eigenvalue weighted by molar-refractivity contribution is 5.92. The Morgan fingerprint density at radius 1 is 1.36 bits per heavy atom. The molecule has 0 fully saturated rings. The van der Waals surface area contributed by atoms with Crippen molar-refractivity contribution in [3.8, 4) is 5.75 Å². The van der Waals surface area contributed by atoms with Gasteiger partial charge in [-0.2, -0.15) is 0 Å². The molecule has 5 heteroatoms. The maximum Gasteiger partial charge on any atom is 0.273 e. The number of hydrogen-bond donors (Lipinski definition) is 1. The van der Waals surface area contributed by atoms with E-state index < -0.39 is 0 Å². The van der Waals surface area contributed by atoms with Gasteiger partial charge in [0.1, 0.15) is 12.4 Å². The van der Waals surface area contributed by atoms with Crippen molar-refractivity contribution < 1.29 is 14.1 Å². The number of aryl methyl sites for hydroxylation is 2. The van der Waals surface area contributed by atoms with Crippen LogP contribution in [0.2, 0.25) is 0 Å². The smallest absolute Gasteiger partial charge is 0.273 e. The molecule has 0 aliphatic carbocycles. The Balaban J connectivity index is 1.98. The van der Waals surface area contributed by atoms with Crippen LogP contribution in [0.1, 0.15) is 34.3 Å². The number of ether oxygens (including phenoxy) is 1. The molecule has 0 saturated heterocycles. The monoisotopic (exact) mass is 300 g/mol. The van der Waals surface area contributed by atoms with Crippen molar-refractivity contribution in [1.82, 2.24) is 10.5 Å². The van der Waals surface area contributed by atoms with Gasteiger partial charge >= 0.3 is 0 Å². The molecule has 0 atom stereocenters. The summed E-state index contributed by atoms with van der Waals surface area (Å²) >= 11 is 0. The number of amides is 1. The highest BCUT2D eigenvalue weighted by Gasteiger charge is 2.13. The average Bonchev–Trinajstić information content (AvgIpc) is 2.93. The highest BCUT2D eigenvalue weighted by atomic mass is 16.5. The number of hydrogen-bond acceptors (Lipinski definition) is 4. The zero-order valence-corrected chi connectivity index (χ0v) is 13.1. The molecular formula is C17H20N2O3. The van der Waals surface area contributed by atoms with Crippen molar-refractivity contribution in [2.24, 2.45) is 0 Å². The Morgan fingerprint density at radius 3 is 2.68 bits per heavy atom. The number of carbonyl (C=O) groups is 1. The minimum Gasteiger partial charge on any atom is -0.485 e. The lowest BCUT2D eigenvalue weighted by atomic mass is 10.1. The quantitative estimate of drug-likeness (QED) is 0.832. The third-order valence-electron chi connectivity index (χ3n) is 3.11. The first kappa shape index (κ1) is 15.8. The van der Waals surface area contributed by atoms with Crippen molar-refractivity contribution in [2.75, 3.05) is 6.54 Å². The predicted octanol–water partition coefficient (Wildman–Crippen LogP) is 3.18. The molecule has 1 N–H and O–H groups in total. The number of nitrogens with zero attached hydrogens (tertiary/aromatic N) is 1. The number of nitrogens with one attached hydrogen (secondary N) is 1. The van der Waals surface area contributed by atoms with Crippen LogP contribution in [0.25, 0.3) is 0 Å². The van der Waals surface area contributed by atoms with Gasteiger partial charge in [0, 0.05) is 12.6 Å². The fourth-order valence-electron chi connectivity index (χ4n) is 1.98. The van der Waals surface area contributed by atoms with Gasteiger partial charge in [-0.3, -0.25) is 4.79 Å². The molecule has 0 bridgehead atoms. The summed E-state index contributed by atoms with van der Waals surface area (Å²) in [6.45, 7) is 10.2. The largest absolute Gasteiger partial charge is 0.485 e. The zero-order valence-electron chi connectivity index (χ0n) is 13.1. The fraction of sp³-hybridized carbons (Fsp3) is 0.294. The third-order valence-corrected chi connectivity index (χ3v) is 3.11. The second-order valence-electron chi connectivity index (χ2n) is 5.33. The Kier molecular flexibility index (Phi) is 4.99. The molecule has 0 aliphatic heterocycles. The van der Waals surface area contributed by atoms with Gasteiger partial charge in [-0.1, -0.05) is 35.5 Å². The Labute approximate surface area is 130 Å². The molecule has 116 valence electrons. The van der Waals surface area contributed by atoms with Crippen LogP contribution in [0, 0.1) is 13.8 Å². The lowest BCUT2D eigenvalue weighted by Gasteiger charge is -2.09. The molecule has 2 rings (SSSR count). The van der Waals surface area contributed by atoms with E-state index in [0.717, 1.165) is 22.4 Å². The van der Waals surface area contributed by atoms with E-state index in [2.05, 4.69) is 17.1 Å². The summed E-state index contributed by atoms with van der Waals surface area (Å²) in [5.41, 5.74) is 3.22. The highest BCUT2D eigenvalue weighted by Crippen LogP contribution is 2.23. The fourth-order valence-corrected chi connectivity index (χ4v) is 1.98. The Hall–Kier alpha value is -2.56. The molecule has 0 radical (unpaired) electrons. The number of carbonyl (C=O) groups excluding carboxylic acids is 1. The van der Waals surface area contributed by atoms with Crippen molar-refractivity contribution in [3.05, 3.63) is 59.0 Å². The molecule has 1 aromatic carbocycles. The van der Waals surface area contributed by atoms with Crippen molar-refractivity contribution >= 4 is 5.91 Å². The first-order valence-electron chi connectivity index (χ1n) is 7.04. The van der Waals surface area contributed by atoms with E-state index in [0.29, 0.717) is 12.3 Å². The molecular weight excluding hydrogens is 280 g/mol. The molecule has 5 nitrogen and oxygen atoms in total. The summed E-state index contributed by atoms with van der Waals surface area (Å²) in [4.78, 5) is 11.8. The summed E-state index contributed by atoms with van der Waals surface area (Å²) in [6, 6.07) is 7.54. The Bertz CT molecular complexity index is 669. The van der Waals surface area contributed by atoms with E-state index >= 15 is 0 Å². The molecule has 0 saturated carbocycles. The van der Waals surface area contributed by atoms with Crippen LogP contribution in [-0.2, 0) is 6.61 Å². The molecule has 0 unspecified atom stereocenters. The van der Waals surface area contributed by atoms with Crippen molar-refractivity contribution in [2.45, 2.75) is 27.4 Å². The van der Waals surface area contributed by atoms with E-state index in [-0.39, 0.29) is 18.2 Å².